The first kappa shape index (κ1) is 16.2. The Morgan fingerprint density at radius 3 is 2.67 bits per heavy atom. The summed E-state index contributed by atoms with van der Waals surface area (Å²) in [5.41, 5.74) is 0.561. The molecule has 2 heterocycles. The number of alkyl halides is 3. The highest BCUT2D eigenvalue weighted by Gasteiger charge is 2.42. The number of sulfonamides is 1. The molecule has 1 saturated heterocycles. The van der Waals surface area contributed by atoms with Crippen LogP contribution in [0.2, 0.25) is 0 Å². The molecule has 0 aliphatic carbocycles. The molecule has 2 rings (SSSR count). The van der Waals surface area contributed by atoms with E-state index in [1.54, 1.807) is 6.92 Å². The number of hydrogen-bond donors (Lipinski definition) is 0. The zero-order valence-corrected chi connectivity index (χ0v) is 12.1. The van der Waals surface area contributed by atoms with E-state index in [-0.39, 0.29) is 24.5 Å². The summed E-state index contributed by atoms with van der Waals surface area (Å²) in [7, 11) is -4.27. The van der Waals surface area contributed by atoms with Gasteiger partial charge in [-0.15, -0.1) is 0 Å². The third-order valence-corrected chi connectivity index (χ3v) is 4.97. The van der Waals surface area contributed by atoms with Gasteiger partial charge in [0.05, 0.1) is 12.6 Å². The highest BCUT2D eigenvalue weighted by atomic mass is 32.2. The number of nitrogens with zero attached hydrogens (tertiary/aromatic N) is 2. The number of halogens is 3. The van der Waals surface area contributed by atoms with Crippen molar-refractivity contribution in [3.63, 3.8) is 0 Å². The summed E-state index contributed by atoms with van der Waals surface area (Å²) in [6, 6.07) is 0.499. The average molecular weight is 324 g/mol. The number of aryl methyl sites for hydroxylation is 1. The summed E-state index contributed by atoms with van der Waals surface area (Å²) >= 11 is 0. The lowest BCUT2D eigenvalue weighted by Gasteiger charge is -2.27. The molecule has 1 aliphatic rings. The third-order valence-electron chi connectivity index (χ3n) is 3.10. The first-order valence-corrected chi connectivity index (χ1v) is 7.72. The van der Waals surface area contributed by atoms with Gasteiger partial charge in [0.2, 0.25) is 10.0 Å². The summed E-state index contributed by atoms with van der Waals surface area (Å²) in [5.74, 6) is 0. The van der Waals surface area contributed by atoms with Crippen molar-refractivity contribution in [3.8, 4) is 0 Å². The largest absolute Gasteiger partial charge is 0.402 e. The van der Waals surface area contributed by atoms with E-state index in [4.69, 9.17) is 4.74 Å². The monoisotopic (exact) mass is 324 g/mol. The van der Waals surface area contributed by atoms with Gasteiger partial charge < -0.3 is 4.74 Å². The maximum Gasteiger partial charge on any atom is 0.402 e. The fraction of sp³-hybridized carbons (Fsp3) is 0.583. The lowest BCUT2D eigenvalue weighted by Crippen LogP contribution is -2.46. The van der Waals surface area contributed by atoms with Crippen molar-refractivity contribution in [1.29, 1.82) is 0 Å². The minimum absolute atomic E-state index is 0.0332. The molecule has 9 heteroatoms. The van der Waals surface area contributed by atoms with Gasteiger partial charge >= 0.3 is 6.18 Å². The van der Waals surface area contributed by atoms with E-state index in [9.17, 15) is 21.6 Å². The quantitative estimate of drug-likeness (QED) is 0.846. The normalized spacial score (nSPS) is 20.1. The topological polar surface area (TPSA) is 59.5 Å². The molecule has 0 spiro atoms. The molecular formula is C12H15F3N2O3S. The van der Waals surface area contributed by atoms with E-state index in [1.165, 1.54) is 12.3 Å². The van der Waals surface area contributed by atoms with Crippen LogP contribution in [0.1, 0.15) is 12.0 Å². The van der Waals surface area contributed by atoms with Gasteiger partial charge in [0.25, 0.3) is 0 Å². The molecule has 0 amide bonds. The molecule has 21 heavy (non-hydrogen) atoms. The molecule has 1 aromatic heterocycles. The lowest BCUT2D eigenvalue weighted by molar-refractivity contribution is -0.139. The van der Waals surface area contributed by atoms with Crippen molar-refractivity contribution in [1.82, 2.24) is 9.29 Å². The Labute approximate surface area is 120 Å². The van der Waals surface area contributed by atoms with Crippen LogP contribution in [0, 0.1) is 6.92 Å². The van der Waals surface area contributed by atoms with Crippen LogP contribution in [0.25, 0.3) is 0 Å². The molecule has 5 nitrogen and oxygen atoms in total. The van der Waals surface area contributed by atoms with Crippen molar-refractivity contribution >= 4 is 10.0 Å². The van der Waals surface area contributed by atoms with E-state index in [0.717, 1.165) is 6.20 Å². The van der Waals surface area contributed by atoms with Crippen LogP contribution >= 0.6 is 0 Å². The number of aromatic nitrogens is 1. The van der Waals surface area contributed by atoms with E-state index in [0.29, 0.717) is 9.87 Å². The predicted molar refractivity (Wildman–Crippen MR) is 68.1 cm³/mol. The third kappa shape index (κ3) is 3.92. The van der Waals surface area contributed by atoms with Crippen LogP contribution in [0.5, 0.6) is 0 Å². The summed E-state index contributed by atoms with van der Waals surface area (Å²) in [6.07, 6.45) is -1.88. The standard InChI is InChI=1S/C12H15F3N2O3S/c1-9-4-11(6-16-5-9)21(18,19)17(8-12(13,14)15)10-2-3-20-7-10/h4-6,10H,2-3,7-8H2,1H3. The number of hydrogen-bond acceptors (Lipinski definition) is 4. The summed E-state index contributed by atoms with van der Waals surface area (Å²) < 4.78 is 68.6. The van der Waals surface area contributed by atoms with E-state index in [2.05, 4.69) is 4.98 Å². The summed E-state index contributed by atoms with van der Waals surface area (Å²) in [5, 5.41) is 0. The van der Waals surface area contributed by atoms with Crippen LogP contribution < -0.4 is 0 Å². The Bertz CT molecular complexity index is 598. The number of rotatable bonds is 4. The van der Waals surface area contributed by atoms with Gasteiger partial charge in [0.1, 0.15) is 11.4 Å². The van der Waals surface area contributed by atoms with Crippen LogP contribution in [-0.4, -0.2) is 49.7 Å². The maximum absolute atomic E-state index is 12.7. The lowest BCUT2D eigenvalue weighted by atomic mass is 10.2. The predicted octanol–water partition coefficient (Wildman–Crippen LogP) is 1.73. The molecule has 0 saturated carbocycles. The van der Waals surface area contributed by atoms with Gasteiger partial charge in [0.15, 0.2) is 0 Å². The van der Waals surface area contributed by atoms with Gasteiger partial charge in [-0.05, 0) is 25.0 Å². The molecule has 1 fully saturated rings. The van der Waals surface area contributed by atoms with Crippen molar-refractivity contribution < 1.29 is 26.3 Å². The Balaban J connectivity index is 2.38. The molecule has 1 atom stereocenters. The molecule has 1 aromatic rings. The zero-order valence-electron chi connectivity index (χ0n) is 11.3. The minimum Gasteiger partial charge on any atom is -0.380 e. The summed E-state index contributed by atoms with van der Waals surface area (Å²) in [4.78, 5) is 3.50. The van der Waals surface area contributed by atoms with E-state index < -0.39 is 28.8 Å². The highest BCUT2D eigenvalue weighted by Crippen LogP contribution is 2.27. The fourth-order valence-electron chi connectivity index (χ4n) is 2.14. The fourth-order valence-corrected chi connectivity index (χ4v) is 3.81. The SMILES string of the molecule is Cc1cncc(S(=O)(=O)N(CC(F)(F)F)C2CCOC2)c1. The highest BCUT2D eigenvalue weighted by molar-refractivity contribution is 7.89. The van der Waals surface area contributed by atoms with Gasteiger partial charge in [-0.3, -0.25) is 4.98 Å². The van der Waals surface area contributed by atoms with Crippen LogP contribution in [0.15, 0.2) is 23.4 Å². The average Bonchev–Trinajstić information content (AvgIpc) is 2.88. The van der Waals surface area contributed by atoms with Gasteiger partial charge in [-0.25, -0.2) is 8.42 Å². The van der Waals surface area contributed by atoms with Gasteiger partial charge in [-0.2, -0.15) is 17.5 Å². The smallest absolute Gasteiger partial charge is 0.380 e. The number of ether oxygens (including phenoxy) is 1. The zero-order chi connectivity index (χ0) is 15.7. The maximum atomic E-state index is 12.7. The second-order valence-electron chi connectivity index (χ2n) is 4.88. The van der Waals surface area contributed by atoms with Crippen molar-refractivity contribution in [2.75, 3.05) is 19.8 Å². The van der Waals surface area contributed by atoms with Crippen molar-refractivity contribution in [2.24, 2.45) is 0 Å². The van der Waals surface area contributed by atoms with Gasteiger partial charge in [0, 0.05) is 19.0 Å². The second-order valence-corrected chi connectivity index (χ2v) is 6.77. The molecule has 1 aliphatic heterocycles. The Hall–Kier alpha value is -1.19. The van der Waals surface area contributed by atoms with Gasteiger partial charge in [-0.1, -0.05) is 0 Å². The van der Waals surface area contributed by atoms with E-state index in [1.807, 2.05) is 0 Å². The second kappa shape index (κ2) is 5.90. The Morgan fingerprint density at radius 2 is 2.14 bits per heavy atom. The Kier molecular flexibility index (Phi) is 4.54. The molecule has 0 N–H and O–H groups in total. The van der Waals surface area contributed by atoms with Crippen molar-refractivity contribution in [2.45, 2.75) is 30.5 Å². The Morgan fingerprint density at radius 1 is 1.43 bits per heavy atom. The molecule has 118 valence electrons. The molecule has 0 radical (unpaired) electrons. The first-order chi connectivity index (χ1) is 9.70. The molecule has 0 aromatic carbocycles. The van der Waals surface area contributed by atoms with Crippen LogP contribution in [0.3, 0.4) is 0 Å². The molecular weight excluding hydrogens is 309 g/mol. The van der Waals surface area contributed by atoms with E-state index >= 15 is 0 Å². The minimum atomic E-state index is -4.62. The summed E-state index contributed by atoms with van der Waals surface area (Å²) in [6.45, 7) is 0.311. The number of pyridine rings is 1. The van der Waals surface area contributed by atoms with Crippen molar-refractivity contribution in [3.05, 3.63) is 24.0 Å². The molecule has 1 unspecified atom stereocenters. The first-order valence-electron chi connectivity index (χ1n) is 6.28. The molecule has 0 bridgehead atoms. The van der Waals surface area contributed by atoms with Crippen LogP contribution in [-0.2, 0) is 14.8 Å². The van der Waals surface area contributed by atoms with Crippen LogP contribution in [0.4, 0.5) is 13.2 Å².